The van der Waals surface area contributed by atoms with Gasteiger partial charge in [0.05, 0.1) is 30.3 Å². The van der Waals surface area contributed by atoms with Gasteiger partial charge in [0.15, 0.2) is 0 Å². The van der Waals surface area contributed by atoms with Gasteiger partial charge in [-0.05, 0) is 26.2 Å². The van der Waals surface area contributed by atoms with Crippen LogP contribution >= 0.6 is 0 Å². The van der Waals surface area contributed by atoms with Crippen LogP contribution in [0.4, 0.5) is 4.79 Å². The van der Waals surface area contributed by atoms with Gasteiger partial charge in [0.1, 0.15) is 12.2 Å². The van der Waals surface area contributed by atoms with Crippen LogP contribution in [0.2, 0.25) is 0 Å². The van der Waals surface area contributed by atoms with Crippen molar-refractivity contribution < 1.29 is 39.5 Å². The molecule has 0 aliphatic carbocycles. The topological polar surface area (TPSA) is 160 Å². The van der Waals surface area contributed by atoms with E-state index in [0.717, 1.165) is 5.57 Å². The average molecular weight is 594 g/mol. The fraction of sp³-hybridized carbons (Fsp3) is 0.697. The van der Waals surface area contributed by atoms with E-state index in [1.54, 1.807) is 38.2 Å². The minimum absolute atomic E-state index is 0.152. The van der Waals surface area contributed by atoms with Gasteiger partial charge in [-0.1, -0.05) is 90.2 Å². The number of hydrogen-bond donors (Lipinski definition) is 5. The van der Waals surface area contributed by atoms with Gasteiger partial charge in [-0.2, -0.15) is 0 Å². The molecule has 6 N–H and O–H groups in total. The summed E-state index contributed by atoms with van der Waals surface area (Å²) in [6, 6.07) is 0. The molecule has 0 bridgehead atoms. The van der Waals surface area contributed by atoms with Crippen molar-refractivity contribution in [3.8, 4) is 0 Å². The Kier molecular flexibility index (Phi) is 15.7. The van der Waals surface area contributed by atoms with Crippen LogP contribution in [-0.2, 0) is 14.3 Å². The Bertz CT molecular complexity index is 962. The van der Waals surface area contributed by atoms with Crippen molar-refractivity contribution >= 4 is 12.1 Å². The molecule has 1 amide bonds. The normalized spacial score (nSPS) is 28.3. The molecule has 9 heteroatoms. The van der Waals surface area contributed by atoms with Crippen molar-refractivity contribution in [3.05, 3.63) is 48.6 Å². The highest BCUT2D eigenvalue weighted by Gasteiger charge is 2.41. The number of rotatable bonds is 16. The Balaban J connectivity index is 2.76. The minimum Gasteiger partial charge on any atom is -0.462 e. The number of hydrogen-bond acceptors (Lipinski definition) is 8. The predicted molar refractivity (Wildman–Crippen MR) is 164 cm³/mol. The lowest BCUT2D eigenvalue weighted by Crippen LogP contribution is -2.47. The lowest BCUT2D eigenvalue weighted by molar-refractivity contribution is -0.179. The van der Waals surface area contributed by atoms with Gasteiger partial charge in [-0.25, -0.2) is 4.79 Å². The summed E-state index contributed by atoms with van der Waals surface area (Å²) < 4.78 is 10.8. The van der Waals surface area contributed by atoms with E-state index >= 15 is 0 Å². The Hall–Kier alpha value is -2.46. The van der Waals surface area contributed by atoms with Gasteiger partial charge in [0, 0.05) is 36.0 Å². The molecular formula is C33H55NO8. The molecule has 0 aromatic carbocycles. The van der Waals surface area contributed by atoms with E-state index in [0.29, 0.717) is 6.42 Å². The second-order valence-electron chi connectivity index (χ2n) is 12.4. The molecule has 1 heterocycles. The van der Waals surface area contributed by atoms with E-state index < -0.39 is 54.6 Å². The highest BCUT2D eigenvalue weighted by molar-refractivity contribution is 5.73. The molecule has 0 saturated carbocycles. The SMILES string of the molecule is C=C/C=C\[C@H](C)[C@H](OC(N)=O)[C@H](C)[C@H](O)[C@@H](C)C/C(C)=C\[C@H](C)[C@@H](O)[C@@H](C)/C=C\[C@@H](O)C[C@H]1OC(=O)[C@H](C)[C@@H](O)[C@H]1C. The summed E-state index contributed by atoms with van der Waals surface area (Å²) in [5.74, 6) is -2.52. The first kappa shape index (κ1) is 37.6. The molecule has 0 radical (unpaired) electrons. The maximum absolute atomic E-state index is 12.0. The third-order valence-corrected chi connectivity index (χ3v) is 8.62. The van der Waals surface area contributed by atoms with Gasteiger partial charge >= 0.3 is 12.1 Å². The predicted octanol–water partition coefficient (Wildman–Crippen LogP) is 4.30. The number of primary amides is 1. The molecule has 1 fully saturated rings. The maximum atomic E-state index is 12.0. The zero-order valence-electron chi connectivity index (χ0n) is 26.6. The van der Waals surface area contributed by atoms with Crippen LogP contribution in [0.15, 0.2) is 48.6 Å². The molecule has 240 valence electrons. The van der Waals surface area contributed by atoms with Crippen LogP contribution < -0.4 is 5.73 Å². The summed E-state index contributed by atoms with van der Waals surface area (Å²) in [7, 11) is 0. The van der Waals surface area contributed by atoms with Crippen molar-refractivity contribution in [2.24, 2.45) is 47.2 Å². The first-order valence-electron chi connectivity index (χ1n) is 15.0. The van der Waals surface area contributed by atoms with Gasteiger partial charge in [-0.3, -0.25) is 4.79 Å². The Morgan fingerprint density at radius 3 is 2.21 bits per heavy atom. The molecule has 0 aromatic rings. The van der Waals surface area contributed by atoms with E-state index in [9.17, 15) is 30.0 Å². The smallest absolute Gasteiger partial charge is 0.404 e. The second kappa shape index (κ2) is 17.6. The van der Waals surface area contributed by atoms with E-state index in [1.807, 2.05) is 53.7 Å². The van der Waals surface area contributed by atoms with Gasteiger partial charge in [0.25, 0.3) is 0 Å². The van der Waals surface area contributed by atoms with Crippen molar-refractivity contribution in [1.29, 1.82) is 0 Å². The molecule has 0 unspecified atom stereocenters. The highest BCUT2D eigenvalue weighted by atomic mass is 16.6. The van der Waals surface area contributed by atoms with E-state index in [2.05, 4.69) is 6.58 Å². The summed E-state index contributed by atoms with van der Waals surface area (Å²) >= 11 is 0. The van der Waals surface area contributed by atoms with E-state index in [-0.39, 0.29) is 41.9 Å². The van der Waals surface area contributed by atoms with Gasteiger partial charge in [0.2, 0.25) is 0 Å². The third kappa shape index (κ3) is 11.3. The number of esters is 1. The zero-order chi connectivity index (χ0) is 32.3. The summed E-state index contributed by atoms with van der Waals surface area (Å²) in [6.45, 7) is 18.5. The quantitative estimate of drug-likeness (QED) is 0.101. The van der Waals surface area contributed by atoms with Crippen LogP contribution in [0, 0.1) is 41.4 Å². The Morgan fingerprint density at radius 2 is 1.64 bits per heavy atom. The number of amides is 1. The maximum Gasteiger partial charge on any atom is 0.404 e. The number of carbonyl (C=O) groups excluding carboxylic acids is 2. The molecule has 1 aliphatic heterocycles. The summed E-state index contributed by atoms with van der Waals surface area (Å²) in [5.41, 5.74) is 6.30. The van der Waals surface area contributed by atoms with E-state index in [1.165, 1.54) is 0 Å². The molecule has 0 spiro atoms. The molecule has 1 saturated heterocycles. The lowest BCUT2D eigenvalue weighted by atomic mass is 9.81. The lowest BCUT2D eigenvalue weighted by Gasteiger charge is -2.36. The zero-order valence-corrected chi connectivity index (χ0v) is 26.6. The largest absolute Gasteiger partial charge is 0.462 e. The van der Waals surface area contributed by atoms with Crippen molar-refractivity contribution in [2.45, 2.75) is 105 Å². The second-order valence-corrected chi connectivity index (χ2v) is 12.4. The summed E-state index contributed by atoms with van der Waals surface area (Å²) in [6.07, 6.45) is 6.04. The number of allylic oxidation sites excluding steroid dienone is 3. The number of aliphatic hydroxyl groups excluding tert-OH is 4. The first-order valence-corrected chi connectivity index (χ1v) is 15.0. The first-order chi connectivity index (χ1) is 19.5. The van der Waals surface area contributed by atoms with Gasteiger partial charge < -0.3 is 35.6 Å². The number of cyclic esters (lactones) is 1. The highest BCUT2D eigenvalue weighted by Crippen LogP contribution is 2.30. The molecule has 0 aromatic heterocycles. The standard InChI is InChI=1S/C33H55NO8/c1-10-11-12-20(4)31(42-33(34)40)24(8)29(37)22(6)16-18(2)15-21(5)28(36)19(3)13-14-26(35)17-27-23(7)30(38)25(9)32(39)41-27/h10-15,19-31,35-38H,1,16-17H2,2-9H3,(H2,34,40)/b12-11-,14-13-,18-15-/t19-,20-,21-,22-,23-,24+,25+,26+,27+,28-,29+,30-,31-/m0/s1. The summed E-state index contributed by atoms with van der Waals surface area (Å²) in [4.78, 5) is 23.5. The monoisotopic (exact) mass is 593 g/mol. The fourth-order valence-corrected chi connectivity index (χ4v) is 5.80. The van der Waals surface area contributed by atoms with Gasteiger partial charge in [-0.15, -0.1) is 0 Å². The van der Waals surface area contributed by atoms with Crippen LogP contribution in [0.5, 0.6) is 0 Å². The minimum atomic E-state index is -0.894. The third-order valence-electron chi connectivity index (χ3n) is 8.62. The molecule has 9 nitrogen and oxygen atoms in total. The average Bonchev–Trinajstić information content (AvgIpc) is 2.93. The molecule has 1 rings (SSSR count). The Morgan fingerprint density at radius 1 is 1.02 bits per heavy atom. The number of carbonyl (C=O) groups is 2. The number of aliphatic hydroxyl groups is 4. The van der Waals surface area contributed by atoms with Crippen molar-refractivity contribution in [3.63, 3.8) is 0 Å². The summed E-state index contributed by atoms with van der Waals surface area (Å²) in [5, 5.41) is 42.8. The molecule has 1 aliphatic rings. The number of ether oxygens (including phenoxy) is 2. The molecule has 13 atom stereocenters. The van der Waals surface area contributed by atoms with Crippen molar-refractivity contribution in [2.75, 3.05) is 0 Å². The van der Waals surface area contributed by atoms with Crippen LogP contribution in [-0.4, -0.2) is 69.1 Å². The van der Waals surface area contributed by atoms with Crippen LogP contribution in [0.1, 0.15) is 68.2 Å². The Labute approximate surface area is 252 Å². The molecule has 42 heavy (non-hydrogen) atoms. The molecular weight excluding hydrogens is 538 g/mol. The van der Waals surface area contributed by atoms with Crippen molar-refractivity contribution in [1.82, 2.24) is 0 Å². The van der Waals surface area contributed by atoms with E-state index in [4.69, 9.17) is 15.2 Å². The fourth-order valence-electron chi connectivity index (χ4n) is 5.80. The number of nitrogens with two attached hydrogens (primary N) is 1. The van der Waals surface area contributed by atoms with Crippen LogP contribution in [0.3, 0.4) is 0 Å². The van der Waals surface area contributed by atoms with Crippen LogP contribution in [0.25, 0.3) is 0 Å².